The van der Waals surface area contributed by atoms with E-state index in [2.05, 4.69) is 5.73 Å². The van der Waals surface area contributed by atoms with Crippen LogP contribution in [0.4, 0.5) is 0 Å². The number of carbonyl (C=O) groups excluding carboxylic acids is 1. The normalized spacial score (nSPS) is 27.3. The van der Waals surface area contributed by atoms with Gasteiger partial charge in [0.25, 0.3) is 0 Å². The highest BCUT2D eigenvalue weighted by Gasteiger charge is 2.21. The number of hydrogen-bond donors (Lipinski definition) is 1. The Labute approximate surface area is 86.0 Å². The topological polar surface area (TPSA) is 53.9 Å². The van der Waals surface area contributed by atoms with Crippen LogP contribution >= 0.6 is 0 Å². The van der Waals surface area contributed by atoms with Gasteiger partial charge in [-0.3, -0.25) is 4.79 Å². The zero-order valence-electron chi connectivity index (χ0n) is 9.13. The first-order valence-electron chi connectivity index (χ1n) is 5.71. The summed E-state index contributed by atoms with van der Waals surface area (Å²) in [5.41, 5.74) is 4.10. The third kappa shape index (κ3) is 4.09. The minimum atomic E-state index is -0.0429. The lowest BCUT2D eigenvalue weighted by Gasteiger charge is -2.23. The van der Waals surface area contributed by atoms with E-state index in [1.165, 1.54) is 25.7 Å². The van der Waals surface area contributed by atoms with Crippen LogP contribution in [0.25, 0.3) is 0 Å². The highest BCUT2D eigenvalue weighted by molar-refractivity contribution is 5.69. The van der Waals surface area contributed by atoms with E-state index < -0.39 is 0 Å². The molecule has 0 spiro atoms. The van der Waals surface area contributed by atoms with E-state index in [1.807, 2.05) is 6.92 Å². The van der Waals surface area contributed by atoms with Crippen molar-refractivity contribution in [2.24, 2.45) is 5.92 Å². The Bertz CT molecular complexity index is 182. The fourth-order valence-corrected chi connectivity index (χ4v) is 2.22. The fraction of sp³-hybridized carbons (Fsp3) is 0.909. The second kappa shape index (κ2) is 6.02. The van der Waals surface area contributed by atoms with Crippen LogP contribution in [0.15, 0.2) is 0 Å². The van der Waals surface area contributed by atoms with Gasteiger partial charge in [0.05, 0.1) is 12.6 Å². The Hall–Kier alpha value is -0.570. The van der Waals surface area contributed by atoms with E-state index in [9.17, 15) is 4.79 Å². The molecule has 0 heterocycles. The molecule has 0 amide bonds. The molecule has 0 aliphatic heterocycles. The van der Waals surface area contributed by atoms with E-state index in [0.29, 0.717) is 25.0 Å². The van der Waals surface area contributed by atoms with Gasteiger partial charge in [0.2, 0.25) is 0 Å². The minimum absolute atomic E-state index is 0.0429. The molecule has 1 aliphatic rings. The fourth-order valence-electron chi connectivity index (χ4n) is 2.22. The Balaban J connectivity index is 2.14. The van der Waals surface area contributed by atoms with E-state index >= 15 is 0 Å². The van der Waals surface area contributed by atoms with Crippen LogP contribution in [0.1, 0.15) is 45.4 Å². The lowest BCUT2D eigenvalue weighted by Crippen LogP contribution is -2.62. The highest BCUT2D eigenvalue weighted by Crippen LogP contribution is 2.26. The van der Waals surface area contributed by atoms with Gasteiger partial charge in [0, 0.05) is 12.8 Å². The third-order valence-corrected chi connectivity index (χ3v) is 2.95. The van der Waals surface area contributed by atoms with Gasteiger partial charge < -0.3 is 10.5 Å². The molecule has 0 bridgehead atoms. The molecule has 3 nitrogen and oxygen atoms in total. The average molecular weight is 200 g/mol. The van der Waals surface area contributed by atoms with Gasteiger partial charge in [-0.05, 0) is 38.5 Å². The van der Waals surface area contributed by atoms with Crippen LogP contribution < -0.4 is 5.73 Å². The molecule has 0 aromatic heterocycles. The summed E-state index contributed by atoms with van der Waals surface area (Å²) in [6.45, 7) is 2.35. The molecule has 0 radical (unpaired) electrons. The second-order valence-electron chi connectivity index (χ2n) is 4.24. The maximum absolute atomic E-state index is 11.1. The van der Waals surface area contributed by atoms with Crippen LogP contribution in [0.5, 0.6) is 0 Å². The molecule has 3 heteroatoms. The molecule has 0 saturated heterocycles. The van der Waals surface area contributed by atoms with Crippen molar-refractivity contribution in [2.45, 2.75) is 51.5 Å². The van der Waals surface area contributed by atoms with Crippen LogP contribution in [0.2, 0.25) is 0 Å². The molecule has 3 N–H and O–H groups in total. The summed E-state index contributed by atoms with van der Waals surface area (Å²) in [4.78, 5) is 11.1. The molecule has 1 saturated carbocycles. The van der Waals surface area contributed by atoms with Gasteiger partial charge in [0.15, 0.2) is 0 Å². The van der Waals surface area contributed by atoms with Gasteiger partial charge in [-0.2, -0.15) is 0 Å². The third-order valence-electron chi connectivity index (χ3n) is 2.95. The predicted molar refractivity (Wildman–Crippen MR) is 54.5 cm³/mol. The van der Waals surface area contributed by atoms with E-state index in [0.717, 1.165) is 6.42 Å². The smallest absolute Gasteiger partial charge is 0.305 e. The van der Waals surface area contributed by atoms with Crippen molar-refractivity contribution in [3.05, 3.63) is 0 Å². The molecule has 0 aromatic rings. The molecule has 14 heavy (non-hydrogen) atoms. The maximum atomic E-state index is 11.1. The zero-order chi connectivity index (χ0) is 10.4. The summed E-state index contributed by atoms with van der Waals surface area (Å²) in [5.74, 6) is 0.661. The Morgan fingerprint density at radius 2 is 2.29 bits per heavy atom. The largest absolute Gasteiger partial charge is 0.466 e. The quantitative estimate of drug-likeness (QED) is 0.692. The average Bonchev–Trinajstić information content (AvgIpc) is 2.15. The molecular formula is C11H22NO2+. The molecular weight excluding hydrogens is 178 g/mol. The lowest BCUT2D eigenvalue weighted by atomic mass is 9.83. The van der Waals surface area contributed by atoms with Gasteiger partial charge in [-0.1, -0.05) is 0 Å². The number of ether oxygens (including phenoxy) is 1. The van der Waals surface area contributed by atoms with Crippen molar-refractivity contribution in [3.8, 4) is 0 Å². The second-order valence-corrected chi connectivity index (χ2v) is 4.24. The highest BCUT2D eigenvalue weighted by atomic mass is 16.5. The first-order valence-corrected chi connectivity index (χ1v) is 5.71. The first kappa shape index (κ1) is 11.5. The van der Waals surface area contributed by atoms with Crippen molar-refractivity contribution >= 4 is 5.97 Å². The van der Waals surface area contributed by atoms with Crippen molar-refractivity contribution in [2.75, 3.05) is 6.61 Å². The standard InChI is InChI=1S/C11H21NO2/c1-2-14-11(13)7-6-9-4-3-5-10(12)8-9/h9-10H,2-8,12H2,1H3/p+1. The molecule has 82 valence electrons. The summed E-state index contributed by atoms with van der Waals surface area (Å²) in [6.07, 6.45) is 6.58. The van der Waals surface area contributed by atoms with Crippen LogP contribution in [0.3, 0.4) is 0 Å². The number of quaternary nitrogens is 1. The van der Waals surface area contributed by atoms with E-state index in [4.69, 9.17) is 4.74 Å². The van der Waals surface area contributed by atoms with Crippen molar-refractivity contribution in [3.63, 3.8) is 0 Å². The van der Waals surface area contributed by atoms with E-state index in [-0.39, 0.29) is 5.97 Å². The molecule has 1 aliphatic carbocycles. The van der Waals surface area contributed by atoms with Crippen molar-refractivity contribution in [1.82, 2.24) is 0 Å². The summed E-state index contributed by atoms with van der Waals surface area (Å²) in [6, 6.07) is 0.607. The Morgan fingerprint density at radius 3 is 2.93 bits per heavy atom. The van der Waals surface area contributed by atoms with Gasteiger partial charge >= 0.3 is 5.97 Å². The number of carbonyl (C=O) groups is 1. The summed E-state index contributed by atoms with van der Waals surface area (Å²) in [5, 5.41) is 0. The maximum Gasteiger partial charge on any atom is 0.305 e. The van der Waals surface area contributed by atoms with Crippen LogP contribution in [-0.4, -0.2) is 18.6 Å². The SMILES string of the molecule is CCOC(=O)CCC1CCCC([NH3+])C1. The molecule has 2 atom stereocenters. The summed E-state index contributed by atoms with van der Waals surface area (Å²) in [7, 11) is 0. The monoisotopic (exact) mass is 200 g/mol. The Morgan fingerprint density at radius 1 is 1.50 bits per heavy atom. The first-order chi connectivity index (χ1) is 6.72. The summed E-state index contributed by atoms with van der Waals surface area (Å²) >= 11 is 0. The molecule has 1 fully saturated rings. The van der Waals surface area contributed by atoms with Gasteiger partial charge in [0.1, 0.15) is 0 Å². The molecule has 2 unspecified atom stereocenters. The molecule has 0 aromatic carbocycles. The number of hydrogen-bond acceptors (Lipinski definition) is 2. The van der Waals surface area contributed by atoms with Gasteiger partial charge in [-0.15, -0.1) is 0 Å². The number of esters is 1. The lowest BCUT2D eigenvalue weighted by molar-refractivity contribution is -0.428. The molecule has 1 rings (SSSR count). The predicted octanol–water partition coefficient (Wildman–Crippen LogP) is 1.13. The van der Waals surface area contributed by atoms with E-state index in [1.54, 1.807) is 0 Å². The van der Waals surface area contributed by atoms with Gasteiger partial charge in [-0.25, -0.2) is 0 Å². The van der Waals surface area contributed by atoms with Crippen LogP contribution in [0, 0.1) is 5.92 Å². The number of rotatable bonds is 4. The van der Waals surface area contributed by atoms with Crippen LogP contribution in [-0.2, 0) is 9.53 Å². The zero-order valence-corrected chi connectivity index (χ0v) is 9.13. The van der Waals surface area contributed by atoms with Crippen molar-refractivity contribution < 1.29 is 15.3 Å². The van der Waals surface area contributed by atoms with Crippen molar-refractivity contribution in [1.29, 1.82) is 0 Å². The Kier molecular flexibility index (Phi) is 4.94. The summed E-state index contributed by atoms with van der Waals surface area (Å²) < 4.78 is 4.91. The minimum Gasteiger partial charge on any atom is -0.466 e.